The van der Waals surface area contributed by atoms with E-state index in [9.17, 15) is 0 Å². The number of nitrogens with zero attached hydrogens (tertiary/aromatic N) is 3. The molecule has 1 aliphatic heterocycles. The van der Waals surface area contributed by atoms with E-state index in [4.69, 9.17) is 4.98 Å². The molecule has 2 atom stereocenters. The number of alkyl halides is 1. The summed E-state index contributed by atoms with van der Waals surface area (Å²) in [6.07, 6.45) is 1.25. The number of aromatic nitrogens is 2. The second kappa shape index (κ2) is 5.55. The molecule has 1 aromatic rings. The van der Waals surface area contributed by atoms with Crippen LogP contribution in [0.15, 0.2) is 6.07 Å². The van der Waals surface area contributed by atoms with Crippen LogP contribution in [0, 0.1) is 12.8 Å². The Morgan fingerprint density at radius 1 is 1.44 bits per heavy atom. The maximum absolute atomic E-state index is 4.74. The fourth-order valence-electron chi connectivity index (χ4n) is 2.51. The Labute approximate surface area is 118 Å². The van der Waals surface area contributed by atoms with E-state index in [0.717, 1.165) is 35.1 Å². The minimum atomic E-state index is 0.381. The molecule has 0 aromatic carbocycles. The van der Waals surface area contributed by atoms with E-state index in [1.54, 1.807) is 0 Å². The Hall–Kier alpha value is -0.640. The van der Waals surface area contributed by atoms with Crippen molar-refractivity contribution in [3.8, 4) is 0 Å². The summed E-state index contributed by atoms with van der Waals surface area (Å²) in [6.45, 7) is 9.77. The molecule has 100 valence electrons. The van der Waals surface area contributed by atoms with Gasteiger partial charge in [0.15, 0.2) is 0 Å². The van der Waals surface area contributed by atoms with Gasteiger partial charge in [0.05, 0.1) is 0 Å². The van der Waals surface area contributed by atoms with Crippen LogP contribution in [-0.2, 0) is 0 Å². The van der Waals surface area contributed by atoms with E-state index in [2.05, 4.69) is 59.6 Å². The van der Waals surface area contributed by atoms with Crippen LogP contribution in [0.2, 0.25) is 0 Å². The first-order valence-electron chi connectivity index (χ1n) is 6.71. The molecule has 0 aliphatic carbocycles. The first-order chi connectivity index (χ1) is 8.52. The van der Waals surface area contributed by atoms with E-state index in [0.29, 0.717) is 12.0 Å². The van der Waals surface area contributed by atoms with Crippen LogP contribution in [0.3, 0.4) is 0 Å². The van der Waals surface area contributed by atoms with Crippen molar-refractivity contribution in [1.29, 1.82) is 0 Å². The second-order valence-corrected chi connectivity index (χ2v) is 6.21. The summed E-state index contributed by atoms with van der Waals surface area (Å²) in [5.41, 5.74) is 1.07. The zero-order chi connectivity index (χ0) is 13.3. The van der Waals surface area contributed by atoms with Gasteiger partial charge in [-0.1, -0.05) is 36.7 Å². The largest absolute Gasteiger partial charge is 0.352 e. The number of rotatable bonds is 3. The monoisotopic (exact) mass is 311 g/mol. The Bertz CT molecular complexity index is 420. The summed E-state index contributed by atoms with van der Waals surface area (Å²) in [5, 5.41) is 1.01. The molecule has 4 heteroatoms. The summed E-state index contributed by atoms with van der Waals surface area (Å²) < 4.78 is 0. The zero-order valence-corrected chi connectivity index (χ0v) is 13.2. The van der Waals surface area contributed by atoms with E-state index >= 15 is 0 Å². The van der Waals surface area contributed by atoms with E-state index in [1.807, 2.05) is 0 Å². The van der Waals surface area contributed by atoms with Crippen molar-refractivity contribution >= 4 is 21.7 Å². The van der Waals surface area contributed by atoms with Gasteiger partial charge in [-0.25, -0.2) is 9.97 Å². The molecule has 2 heterocycles. The van der Waals surface area contributed by atoms with Gasteiger partial charge in [-0.05, 0) is 19.3 Å². The summed E-state index contributed by atoms with van der Waals surface area (Å²) >= 11 is 3.64. The van der Waals surface area contributed by atoms with Crippen LogP contribution >= 0.6 is 15.9 Å². The predicted octanol–water partition coefficient (Wildman–Crippen LogP) is 3.52. The van der Waals surface area contributed by atoms with Crippen molar-refractivity contribution in [1.82, 2.24) is 9.97 Å². The summed E-state index contributed by atoms with van der Waals surface area (Å²) in [5.74, 6) is 3.16. The molecule has 2 unspecified atom stereocenters. The van der Waals surface area contributed by atoms with Crippen LogP contribution in [0.25, 0.3) is 0 Å². The standard InChI is InChI=1S/C14H22BrN3/c1-9(2)14-16-11(4)7-13(17-14)18-6-5-10(3)12(18)8-15/h7,9-10,12H,5-6,8H2,1-4H3. The first-order valence-corrected chi connectivity index (χ1v) is 7.83. The molecule has 1 aromatic heterocycles. The molecule has 0 bridgehead atoms. The highest BCUT2D eigenvalue weighted by molar-refractivity contribution is 9.09. The van der Waals surface area contributed by atoms with Crippen molar-refractivity contribution in [3.63, 3.8) is 0 Å². The lowest BCUT2D eigenvalue weighted by Crippen LogP contribution is -2.34. The van der Waals surface area contributed by atoms with E-state index in [-0.39, 0.29) is 0 Å². The predicted molar refractivity (Wildman–Crippen MR) is 79.6 cm³/mol. The first kappa shape index (κ1) is 13.8. The number of hydrogen-bond donors (Lipinski definition) is 0. The smallest absolute Gasteiger partial charge is 0.133 e. The quantitative estimate of drug-likeness (QED) is 0.800. The average Bonchev–Trinajstić information content (AvgIpc) is 2.69. The van der Waals surface area contributed by atoms with Gasteiger partial charge >= 0.3 is 0 Å². The summed E-state index contributed by atoms with van der Waals surface area (Å²) in [4.78, 5) is 11.7. The third kappa shape index (κ3) is 2.68. The average molecular weight is 312 g/mol. The van der Waals surface area contributed by atoms with Gasteiger partial charge in [0.25, 0.3) is 0 Å². The number of anilines is 1. The lowest BCUT2D eigenvalue weighted by atomic mass is 10.1. The van der Waals surface area contributed by atoms with E-state index < -0.39 is 0 Å². The highest BCUT2D eigenvalue weighted by Crippen LogP contribution is 2.30. The number of aryl methyl sites for hydroxylation is 1. The fraction of sp³-hybridized carbons (Fsp3) is 0.714. The van der Waals surface area contributed by atoms with Crippen LogP contribution in [0.4, 0.5) is 5.82 Å². The SMILES string of the molecule is Cc1cc(N2CCC(C)C2CBr)nc(C(C)C)n1. The third-order valence-electron chi connectivity index (χ3n) is 3.71. The van der Waals surface area contributed by atoms with Crippen LogP contribution in [-0.4, -0.2) is 27.9 Å². The minimum Gasteiger partial charge on any atom is -0.352 e. The molecule has 0 spiro atoms. The molecule has 0 N–H and O–H groups in total. The van der Waals surface area contributed by atoms with Crippen LogP contribution in [0.5, 0.6) is 0 Å². The Morgan fingerprint density at radius 3 is 2.78 bits per heavy atom. The van der Waals surface area contributed by atoms with Gasteiger partial charge in [-0.3, -0.25) is 0 Å². The minimum absolute atomic E-state index is 0.381. The number of hydrogen-bond acceptors (Lipinski definition) is 3. The van der Waals surface area contributed by atoms with Crippen LogP contribution < -0.4 is 4.90 Å². The van der Waals surface area contributed by atoms with Crippen LogP contribution in [0.1, 0.15) is 44.6 Å². The lowest BCUT2D eigenvalue weighted by Gasteiger charge is -2.27. The second-order valence-electron chi connectivity index (χ2n) is 5.56. The summed E-state index contributed by atoms with van der Waals surface area (Å²) in [6, 6.07) is 2.67. The summed E-state index contributed by atoms with van der Waals surface area (Å²) in [7, 11) is 0. The molecule has 1 fully saturated rings. The van der Waals surface area contributed by atoms with Gasteiger partial charge in [0.1, 0.15) is 11.6 Å². The Morgan fingerprint density at radius 2 is 2.17 bits per heavy atom. The molecule has 0 amide bonds. The molecular weight excluding hydrogens is 290 g/mol. The molecule has 0 saturated carbocycles. The lowest BCUT2D eigenvalue weighted by molar-refractivity contribution is 0.552. The fourth-order valence-corrected chi connectivity index (χ4v) is 3.50. The molecular formula is C14H22BrN3. The maximum atomic E-state index is 4.74. The molecule has 0 radical (unpaired) electrons. The molecule has 3 nitrogen and oxygen atoms in total. The normalized spacial score (nSPS) is 24.0. The maximum Gasteiger partial charge on any atom is 0.133 e. The van der Waals surface area contributed by atoms with Gasteiger partial charge < -0.3 is 4.90 Å². The highest BCUT2D eigenvalue weighted by Gasteiger charge is 2.31. The molecule has 1 saturated heterocycles. The topological polar surface area (TPSA) is 29.0 Å². The Kier molecular flexibility index (Phi) is 4.25. The Balaban J connectivity index is 2.33. The molecule has 1 aliphatic rings. The van der Waals surface area contributed by atoms with Crippen molar-refractivity contribution in [2.24, 2.45) is 5.92 Å². The highest BCUT2D eigenvalue weighted by atomic mass is 79.9. The third-order valence-corrected chi connectivity index (χ3v) is 4.37. The van der Waals surface area contributed by atoms with Gasteiger partial charge in [-0.15, -0.1) is 0 Å². The molecule has 18 heavy (non-hydrogen) atoms. The number of halogens is 1. The van der Waals surface area contributed by atoms with Gasteiger partial charge in [-0.2, -0.15) is 0 Å². The molecule has 2 rings (SSSR count). The zero-order valence-electron chi connectivity index (χ0n) is 11.7. The van der Waals surface area contributed by atoms with Gasteiger partial charge in [0, 0.05) is 35.6 Å². The van der Waals surface area contributed by atoms with Crippen molar-refractivity contribution in [2.75, 3.05) is 16.8 Å². The van der Waals surface area contributed by atoms with Gasteiger partial charge in [0.2, 0.25) is 0 Å². The van der Waals surface area contributed by atoms with Crippen molar-refractivity contribution in [3.05, 3.63) is 17.6 Å². The van der Waals surface area contributed by atoms with Crippen molar-refractivity contribution < 1.29 is 0 Å². The van der Waals surface area contributed by atoms with Crippen molar-refractivity contribution in [2.45, 2.75) is 46.1 Å². The van der Waals surface area contributed by atoms with E-state index in [1.165, 1.54) is 6.42 Å².